The Morgan fingerprint density at radius 3 is 2.65 bits per heavy atom. The summed E-state index contributed by atoms with van der Waals surface area (Å²) in [4.78, 5) is 0. The van der Waals surface area contributed by atoms with Gasteiger partial charge in [-0.3, -0.25) is 0 Å². The first-order valence-electron chi connectivity index (χ1n) is 9.56. The molecule has 0 bridgehead atoms. The molecule has 2 spiro atoms. The molecule has 23 heavy (non-hydrogen) atoms. The van der Waals surface area contributed by atoms with Gasteiger partial charge in [0.05, 0.1) is 32.0 Å². The molecule has 5 rings (SSSR count). The highest BCUT2D eigenvalue weighted by atomic mass is 16.7. The van der Waals surface area contributed by atoms with E-state index >= 15 is 0 Å². The molecule has 2 aliphatic carbocycles. The maximum atomic E-state index is 6.28. The summed E-state index contributed by atoms with van der Waals surface area (Å²) >= 11 is 0. The second-order valence-electron chi connectivity index (χ2n) is 8.14. The van der Waals surface area contributed by atoms with Crippen LogP contribution in [0.5, 0.6) is 0 Å². The van der Waals surface area contributed by atoms with Gasteiger partial charge in [-0.05, 0) is 19.3 Å². The molecule has 0 aromatic heterocycles. The van der Waals surface area contributed by atoms with Gasteiger partial charge in [-0.2, -0.15) is 0 Å². The van der Waals surface area contributed by atoms with Crippen LogP contribution in [0.25, 0.3) is 0 Å². The maximum absolute atomic E-state index is 6.28. The van der Waals surface area contributed by atoms with Crippen LogP contribution >= 0.6 is 0 Å². The zero-order valence-corrected chi connectivity index (χ0v) is 13.9. The summed E-state index contributed by atoms with van der Waals surface area (Å²) in [6.07, 6.45) is 9.12. The molecule has 0 radical (unpaired) electrons. The van der Waals surface area contributed by atoms with E-state index in [9.17, 15) is 0 Å². The molecule has 5 fully saturated rings. The second-order valence-corrected chi connectivity index (χ2v) is 8.14. The maximum Gasteiger partial charge on any atom is 0.173 e. The first kappa shape index (κ1) is 15.1. The van der Waals surface area contributed by atoms with E-state index in [0.29, 0.717) is 17.6 Å². The molecule has 5 heteroatoms. The zero-order chi connectivity index (χ0) is 15.3. The summed E-state index contributed by atoms with van der Waals surface area (Å²) in [6.45, 7) is 4.11. The first-order valence-corrected chi connectivity index (χ1v) is 9.56. The van der Waals surface area contributed by atoms with Crippen molar-refractivity contribution in [3.05, 3.63) is 0 Å². The van der Waals surface area contributed by atoms with Crippen LogP contribution in [0.15, 0.2) is 0 Å². The van der Waals surface area contributed by atoms with Gasteiger partial charge >= 0.3 is 0 Å². The van der Waals surface area contributed by atoms with Crippen molar-refractivity contribution >= 4 is 0 Å². The van der Waals surface area contributed by atoms with Gasteiger partial charge in [0.15, 0.2) is 5.79 Å². The van der Waals surface area contributed by atoms with Crippen LogP contribution in [0.1, 0.15) is 44.9 Å². The van der Waals surface area contributed by atoms with E-state index in [1.807, 2.05) is 0 Å². The van der Waals surface area contributed by atoms with Crippen LogP contribution in [-0.4, -0.2) is 57.0 Å². The minimum Gasteiger partial charge on any atom is -0.381 e. The Hall–Kier alpha value is -0.200. The zero-order valence-electron chi connectivity index (χ0n) is 13.9. The van der Waals surface area contributed by atoms with Gasteiger partial charge in [-0.1, -0.05) is 12.8 Å². The molecule has 2 saturated carbocycles. The molecule has 130 valence electrons. The van der Waals surface area contributed by atoms with Crippen LogP contribution < -0.4 is 5.32 Å². The van der Waals surface area contributed by atoms with Crippen LogP contribution in [0.4, 0.5) is 0 Å². The molecule has 0 unspecified atom stereocenters. The Labute approximate surface area is 138 Å². The number of ether oxygens (including phenoxy) is 4. The number of rotatable bonds is 3. The van der Waals surface area contributed by atoms with E-state index in [-0.39, 0.29) is 11.9 Å². The van der Waals surface area contributed by atoms with Gasteiger partial charge in [0.1, 0.15) is 0 Å². The lowest BCUT2D eigenvalue weighted by atomic mass is 9.54. The Balaban J connectivity index is 1.20. The molecule has 4 atom stereocenters. The molecular formula is C18H29NO4. The Morgan fingerprint density at radius 1 is 1.00 bits per heavy atom. The quantitative estimate of drug-likeness (QED) is 0.859. The van der Waals surface area contributed by atoms with E-state index in [0.717, 1.165) is 51.7 Å². The standard InChI is InChI=1S/C18H29NO4/c1-2-5-17(4-1)15(14-3-8-21-16(14)17)19-11-13-12-22-18(23-13)6-9-20-10-7-18/h13-16,19H,1-12H2/t13-,14-,15+,16-/m1/s1. The predicted octanol–water partition coefficient (Wildman–Crippen LogP) is 1.85. The van der Waals surface area contributed by atoms with Gasteiger partial charge in [-0.25, -0.2) is 0 Å². The van der Waals surface area contributed by atoms with Crippen LogP contribution in [0.3, 0.4) is 0 Å². The predicted molar refractivity (Wildman–Crippen MR) is 84.1 cm³/mol. The van der Waals surface area contributed by atoms with Crippen molar-refractivity contribution in [2.45, 2.75) is 69.0 Å². The van der Waals surface area contributed by atoms with E-state index in [2.05, 4.69) is 5.32 Å². The van der Waals surface area contributed by atoms with Gasteiger partial charge in [0, 0.05) is 43.4 Å². The average Bonchev–Trinajstić information content (AvgIpc) is 3.28. The Bertz CT molecular complexity index is 444. The van der Waals surface area contributed by atoms with E-state index < -0.39 is 0 Å². The molecule has 0 amide bonds. The summed E-state index contributed by atoms with van der Waals surface area (Å²) in [5, 5.41) is 3.87. The molecule has 0 aromatic rings. The molecule has 0 aromatic carbocycles. The van der Waals surface area contributed by atoms with Crippen molar-refractivity contribution in [3.8, 4) is 0 Å². The minimum absolute atomic E-state index is 0.188. The Kier molecular flexibility index (Phi) is 3.72. The number of nitrogens with one attached hydrogen (secondary N) is 1. The highest BCUT2D eigenvalue weighted by molar-refractivity contribution is 5.16. The molecule has 1 N–H and O–H groups in total. The SMILES string of the molecule is C1CCC2(C1)[C@@H]1OCC[C@@H]1[C@@H]2NC[C@@H]1COC2(CCOCC2)O1. The van der Waals surface area contributed by atoms with Gasteiger partial charge in [0.2, 0.25) is 0 Å². The lowest BCUT2D eigenvalue weighted by Gasteiger charge is -2.57. The summed E-state index contributed by atoms with van der Waals surface area (Å²) in [5.41, 5.74) is 0.428. The van der Waals surface area contributed by atoms with E-state index in [1.54, 1.807) is 0 Å². The van der Waals surface area contributed by atoms with Crippen LogP contribution in [-0.2, 0) is 18.9 Å². The molecular weight excluding hydrogens is 294 g/mol. The van der Waals surface area contributed by atoms with Crippen molar-refractivity contribution in [1.82, 2.24) is 5.32 Å². The average molecular weight is 323 g/mol. The summed E-state index contributed by atoms with van der Waals surface area (Å²) in [5.74, 6) is 0.376. The van der Waals surface area contributed by atoms with Crippen molar-refractivity contribution in [2.24, 2.45) is 11.3 Å². The van der Waals surface area contributed by atoms with E-state index in [4.69, 9.17) is 18.9 Å². The monoisotopic (exact) mass is 323 g/mol. The largest absolute Gasteiger partial charge is 0.381 e. The summed E-state index contributed by atoms with van der Waals surface area (Å²) in [6, 6.07) is 0.632. The van der Waals surface area contributed by atoms with Gasteiger partial charge in [0.25, 0.3) is 0 Å². The third kappa shape index (κ3) is 2.31. The number of fused-ring (bicyclic) bond motifs is 2. The highest BCUT2D eigenvalue weighted by Gasteiger charge is 2.64. The molecule has 5 nitrogen and oxygen atoms in total. The third-order valence-corrected chi connectivity index (χ3v) is 7.02. The van der Waals surface area contributed by atoms with Crippen molar-refractivity contribution in [2.75, 3.05) is 33.0 Å². The molecule has 3 heterocycles. The summed E-state index contributed by atoms with van der Waals surface area (Å²) < 4.78 is 23.8. The fraction of sp³-hybridized carbons (Fsp3) is 1.00. The smallest absolute Gasteiger partial charge is 0.173 e. The van der Waals surface area contributed by atoms with Crippen LogP contribution in [0, 0.1) is 11.3 Å². The molecule has 3 aliphatic heterocycles. The lowest BCUT2D eigenvalue weighted by molar-refractivity contribution is -0.211. The fourth-order valence-corrected chi connectivity index (χ4v) is 5.93. The topological polar surface area (TPSA) is 49.0 Å². The second kappa shape index (κ2) is 5.67. The van der Waals surface area contributed by atoms with E-state index in [1.165, 1.54) is 32.1 Å². The first-order chi connectivity index (χ1) is 11.3. The highest BCUT2D eigenvalue weighted by Crippen LogP contribution is 2.60. The van der Waals surface area contributed by atoms with Gasteiger partial charge in [-0.15, -0.1) is 0 Å². The summed E-state index contributed by atoms with van der Waals surface area (Å²) in [7, 11) is 0. The van der Waals surface area contributed by atoms with Gasteiger partial charge < -0.3 is 24.3 Å². The van der Waals surface area contributed by atoms with Crippen molar-refractivity contribution in [3.63, 3.8) is 0 Å². The lowest BCUT2D eigenvalue weighted by Crippen LogP contribution is -2.68. The molecule has 5 aliphatic rings. The normalized spacial score (nSPS) is 43.8. The minimum atomic E-state index is -0.353. The third-order valence-electron chi connectivity index (χ3n) is 7.02. The molecule has 3 saturated heterocycles. The van der Waals surface area contributed by atoms with Crippen molar-refractivity contribution in [1.29, 1.82) is 0 Å². The Morgan fingerprint density at radius 2 is 1.83 bits per heavy atom. The van der Waals surface area contributed by atoms with Crippen LogP contribution in [0.2, 0.25) is 0 Å². The fourth-order valence-electron chi connectivity index (χ4n) is 5.93. The number of hydrogen-bond donors (Lipinski definition) is 1. The number of hydrogen-bond acceptors (Lipinski definition) is 5. The van der Waals surface area contributed by atoms with Crippen molar-refractivity contribution < 1.29 is 18.9 Å².